The van der Waals surface area contributed by atoms with Gasteiger partial charge in [-0.25, -0.2) is 8.42 Å². The third kappa shape index (κ3) is 6.17. The van der Waals surface area contributed by atoms with E-state index >= 15 is 0 Å². The van der Waals surface area contributed by atoms with E-state index in [1.54, 1.807) is 6.07 Å². The SMILES string of the molecule is Cc1cc([S+](C)C)ccc1O.O=S(=O)([O-])C(F)(F)F. The number of aromatic hydroxyl groups is 1. The van der Waals surface area contributed by atoms with Crippen LogP contribution in [0.1, 0.15) is 5.56 Å². The van der Waals surface area contributed by atoms with E-state index in [-0.39, 0.29) is 0 Å². The van der Waals surface area contributed by atoms with Crippen molar-refractivity contribution in [3.63, 3.8) is 0 Å². The molecule has 0 spiro atoms. The minimum atomic E-state index is -6.09. The molecular formula is C10H13F3O4S2. The van der Waals surface area contributed by atoms with E-state index in [0.717, 1.165) is 5.56 Å². The van der Waals surface area contributed by atoms with E-state index in [0.29, 0.717) is 16.6 Å². The molecule has 0 aromatic heterocycles. The van der Waals surface area contributed by atoms with Crippen molar-refractivity contribution in [3.05, 3.63) is 23.8 Å². The lowest BCUT2D eigenvalue weighted by Crippen LogP contribution is -2.21. The third-order valence-electron chi connectivity index (χ3n) is 1.92. The van der Waals surface area contributed by atoms with E-state index < -0.39 is 15.6 Å². The van der Waals surface area contributed by atoms with Gasteiger partial charge in [-0.05, 0) is 30.7 Å². The van der Waals surface area contributed by atoms with Crippen LogP contribution >= 0.6 is 0 Å². The first-order valence-electron chi connectivity index (χ1n) is 4.75. The Kier molecular flexibility index (Phi) is 6.17. The van der Waals surface area contributed by atoms with Crippen LogP contribution in [-0.2, 0) is 21.0 Å². The van der Waals surface area contributed by atoms with Gasteiger partial charge in [0.1, 0.15) is 18.3 Å². The fraction of sp³-hybridized carbons (Fsp3) is 0.400. The van der Waals surface area contributed by atoms with Crippen molar-refractivity contribution in [2.75, 3.05) is 12.5 Å². The first-order chi connectivity index (χ1) is 8.36. The van der Waals surface area contributed by atoms with Gasteiger partial charge in [-0.3, -0.25) is 0 Å². The van der Waals surface area contributed by atoms with Crippen LogP contribution in [-0.4, -0.2) is 36.1 Å². The van der Waals surface area contributed by atoms with Gasteiger partial charge < -0.3 is 9.66 Å². The van der Waals surface area contributed by atoms with Crippen molar-refractivity contribution >= 4 is 21.0 Å². The number of hydrogen-bond acceptors (Lipinski definition) is 4. The fourth-order valence-corrected chi connectivity index (χ4v) is 1.63. The molecule has 0 aliphatic heterocycles. The van der Waals surface area contributed by atoms with Crippen molar-refractivity contribution < 1.29 is 31.2 Å². The maximum absolute atomic E-state index is 10.7. The number of rotatable bonds is 1. The highest BCUT2D eigenvalue weighted by atomic mass is 32.2. The Balaban J connectivity index is 0.000000362. The number of alkyl halides is 3. The number of hydrogen-bond donors (Lipinski definition) is 1. The van der Waals surface area contributed by atoms with Crippen molar-refractivity contribution in [1.29, 1.82) is 0 Å². The highest BCUT2D eigenvalue weighted by molar-refractivity contribution is 7.95. The Hall–Kier alpha value is -0.930. The van der Waals surface area contributed by atoms with Crippen LogP contribution in [0.4, 0.5) is 13.2 Å². The molecule has 0 fully saturated rings. The van der Waals surface area contributed by atoms with Gasteiger partial charge in [0, 0.05) is 10.9 Å². The summed E-state index contributed by atoms with van der Waals surface area (Å²) in [6.45, 7) is 1.92. The Morgan fingerprint density at radius 3 is 1.95 bits per heavy atom. The highest BCUT2D eigenvalue weighted by Gasteiger charge is 2.36. The van der Waals surface area contributed by atoms with Crippen LogP contribution in [0.2, 0.25) is 0 Å². The quantitative estimate of drug-likeness (QED) is 0.488. The molecule has 0 heterocycles. The van der Waals surface area contributed by atoms with Crippen LogP contribution in [0, 0.1) is 6.92 Å². The van der Waals surface area contributed by atoms with E-state index in [1.165, 1.54) is 4.90 Å². The number of phenols is 1. The Bertz CT molecular complexity index is 524. The molecule has 0 aliphatic rings. The molecule has 0 aliphatic carbocycles. The fourth-order valence-electron chi connectivity index (χ4n) is 0.882. The first kappa shape index (κ1) is 18.1. The lowest BCUT2D eigenvalue weighted by molar-refractivity contribution is -0.0517. The zero-order valence-electron chi connectivity index (χ0n) is 10.4. The molecule has 19 heavy (non-hydrogen) atoms. The summed E-state index contributed by atoms with van der Waals surface area (Å²) in [6.07, 6.45) is 4.34. The monoisotopic (exact) mass is 318 g/mol. The third-order valence-corrected chi connectivity index (χ3v) is 3.69. The summed E-state index contributed by atoms with van der Waals surface area (Å²) in [6, 6.07) is 5.78. The minimum Gasteiger partial charge on any atom is -0.741 e. The van der Waals surface area contributed by atoms with Crippen LogP contribution in [0.15, 0.2) is 23.1 Å². The van der Waals surface area contributed by atoms with Gasteiger partial charge in [-0.1, -0.05) is 0 Å². The van der Waals surface area contributed by atoms with Crippen LogP contribution in [0.25, 0.3) is 0 Å². The molecule has 110 valence electrons. The van der Waals surface area contributed by atoms with Crippen molar-refractivity contribution in [1.82, 2.24) is 0 Å². The lowest BCUT2D eigenvalue weighted by atomic mass is 10.2. The molecule has 0 atom stereocenters. The summed E-state index contributed by atoms with van der Waals surface area (Å²) in [5, 5.41) is 9.23. The maximum Gasteiger partial charge on any atom is 0.485 e. The Morgan fingerprint density at radius 2 is 1.68 bits per heavy atom. The highest BCUT2D eigenvalue weighted by Crippen LogP contribution is 2.20. The summed E-state index contributed by atoms with van der Waals surface area (Å²) >= 11 is 0. The number of benzene rings is 1. The summed E-state index contributed by atoms with van der Waals surface area (Å²) in [5.41, 5.74) is -4.68. The van der Waals surface area contributed by atoms with Crippen LogP contribution in [0.3, 0.4) is 0 Å². The molecule has 0 bridgehead atoms. The maximum atomic E-state index is 10.7. The first-order valence-corrected chi connectivity index (χ1v) is 8.20. The molecule has 9 heteroatoms. The Labute approximate surface area is 112 Å². The van der Waals surface area contributed by atoms with Crippen molar-refractivity contribution in [2.45, 2.75) is 17.3 Å². The smallest absolute Gasteiger partial charge is 0.485 e. The predicted octanol–water partition coefficient (Wildman–Crippen LogP) is 1.99. The van der Waals surface area contributed by atoms with Gasteiger partial charge in [-0.15, -0.1) is 0 Å². The zero-order valence-corrected chi connectivity index (χ0v) is 12.0. The molecule has 0 radical (unpaired) electrons. The van der Waals surface area contributed by atoms with Crippen LogP contribution in [0.5, 0.6) is 5.75 Å². The second kappa shape index (κ2) is 6.49. The largest absolute Gasteiger partial charge is 0.741 e. The number of halogens is 3. The summed E-state index contributed by atoms with van der Waals surface area (Å²) < 4.78 is 58.9. The average Bonchev–Trinajstić information content (AvgIpc) is 2.19. The van der Waals surface area contributed by atoms with Crippen molar-refractivity contribution in [2.24, 2.45) is 0 Å². The lowest BCUT2D eigenvalue weighted by Gasteiger charge is -2.08. The minimum absolute atomic E-state index is 0.291. The van der Waals surface area contributed by atoms with Crippen molar-refractivity contribution in [3.8, 4) is 5.75 Å². The predicted molar refractivity (Wildman–Crippen MR) is 66.1 cm³/mol. The number of phenolic OH excluding ortho intramolecular Hbond substituents is 1. The topological polar surface area (TPSA) is 77.4 Å². The second-order valence-electron chi connectivity index (χ2n) is 3.66. The van der Waals surface area contributed by atoms with Gasteiger partial charge in [0.2, 0.25) is 0 Å². The molecule has 0 saturated carbocycles. The van der Waals surface area contributed by atoms with Gasteiger partial charge in [-0.2, -0.15) is 13.2 Å². The molecule has 1 N–H and O–H groups in total. The molecule has 1 rings (SSSR count). The molecule has 0 amide bonds. The van der Waals surface area contributed by atoms with E-state index in [4.69, 9.17) is 13.0 Å². The number of aryl methyl sites for hydroxylation is 1. The molecular weight excluding hydrogens is 305 g/mol. The summed E-state index contributed by atoms with van der Waals surface area (Å²) in [4.78, 5) is 1.31. The van der Waals surface area contributed by atoms with Gasteiger partial charge in [0.15, 0.2) is 15.0 Å². The van der Waals surface area contributed by atoms with Gasteiger partial charge in [0.05, 0.1) is 0 Å². The molecule has 0 saturated heterocycles. The molecule has 0 unspecified atom stereocenters. The summed E-state index contributed by atoms with van der Waals surface area (Å²) in [7, 11) is -5.80. The van der Waals surface area contributed by atoms with Gasteiger partial charge >= 0.3 is 5.51 Å². The standard InChI is InChI=1S/C9H12OS.CHF3O3S/c1-7-6-8(11(2)3)4-5-9(7)10;2-1(3,4)8(5,6)7/h4-6H,1-3H3;(H,5,6,7). The average molecular weight is 318 g/mol. The Morgan fingerprint density at radius 1 is 1.26 bits per heavy atom. The summed E-state index contributed by atoms with van der Waals surface area (Å²) in [5.74, 6) is 0.388. The second-order valence-corrected chi connectivity index (χ2v) is 7.14. The van der Waals surface area contributed by atoms with E-state index in [1.807, 2.05) is 19.1 Å². The van der Waals surface area contributed by atoms with Crippen LogP contribution < -0.4 is 0 Å². The van der Waals surface area contributed by atoms with E-state index in [9.17, 15) is 18.3 Å². The molecule has 4 nitrogen and oxygen atoms in total. The molecule has 1 aromatic rings. The van der Waals surface area contributed by atoms with Gasteiger partial charge in [0.25, 0.3) is 0 Å². The van der Waals surface area contributed by atoms with E-state index in [2.05, 4.69) is 12.5 Å². The molecule has 1 aromatic carbocycles. The normalized spacial score (nSPS) is 12.0. The zero-order chi connectivity index (χ0) is 15.4.